The molecule has 2 aromatic carbocycles. The first-order valence-electron chi connectivity index (χ1n) is 7.09. The second kappa shape index (κ2) is 8.36. The number of rotatable bonds is 6. The van der Waals surface area contributed by atoms with E-state index in [1.54, 1.807) is 0 Å². The highest BCUT2D eigenvalue weighted by Gasteiger charge is 2.24. The van der Waals surface area contributed by atoms with Gasteiger partial charge in [-0.25, -0.2) is 18.0 Å². The molecular weight excluding hydrogens is 468 g/mol. The fraction of sp³-hybridized carbons (Fsp3) is 0.125. The topological polar surface area (TPSA) is 98.7 Å². The van der Waals surface area contributed by atoms with Gasteiger partial charge in [-0.15, -0.1) is 0 Å². The number of carboxylic acids is 1. The third kappa shape index (κ3) is 4.43. The van der Waals surface area contributed by atoms with Crippen LogP contribution in [0.3, 0.4) is 0 Å². The Morgan fingerprint density at radius 3 is 2.38 bits per heavy atom. The van der Waals surface area contributed by atoms with Crippen LogP contribution in [-0.4, -0.2) is 34.7 Å². The molecule has 4 N–H and O–H groups in total. The van der Waals surface area contributed by atoms with Crippen molar-refractivity contribution in [1.82, 2.24) is 5.32 Å². The lowest BCUT2D eigenvalue weighted by atomic mass is 10.1. The standard InChI is InChI=1S/C16H12F3IN2O4/c17-9-3-2-8(15(24)22-12(6-23)16(25)26)14(13(9)19)21-11-4-1-7(20)5-10(11)18/h1-5,12,21,23H,6H2,(H,22,24)(H,25,26)/t12-/m1/s1. The highest BCUT2D eigenvalue weighted by molar-refractivity contribution is 14.1. The Bertz CT molecular complexity index is 864. The van der Waals surface area contributed by atoms with E-state index >= 15 is 0 Å². The van der Waals surface area contributed by atoms with Crippen LogP contribution in [0.2, 0.25) is 0 Å². The summed E-state index contributed by atoms with van der Waals surface area (Å²) in [4.78, 5) is 23.1. The molecule has 26 heavy (non-hydrogen) atoms. The van der Waals surface area contributed by atoms with E-state index in [-0.39, 0.29) is 5.69 Å². The fourth-order valence-electron chi connectivity index (χ4n) is 2.01. The number of carboxylic acid groups (broad SMARTS) is 1. The first kappa shape index (κ1) is 20.0. The molecule has 0 bridgehead atoms. The van der Waals surface area contributed by atoms with Crippen LogP contribution in [0.5, 0.6) is 0 Å². The molecule has 138 valence electrons. The average molecular weight is 480 g/mol. The quantitative estimate of drug-likeness (QED) is 0.477. The van der Waals surface area contributed by atoms with E-state index in [2.05, 4.69) is 5.32 Å². The maximum Gasteiger partial charge on any atom is 0.328 e. The van der Waals surface area contributed by atoms with Crippen molar-refractivity contribution in [2.45, 2.75) is 6.04 Å². The van der Waals surface area contributed by atoms with Crippen molar-refractivity contribution in [3.63, 3.8) is 0 Å². The van der Waals surface area contributed by atoms with Gasteiger partial charge in [-0.05, 0) is 52.9 Å². The number of aliphatic hydroxyl groups excluding tert-OH is 1. The Balaban J connectivity index is 2.43. The van der Waals surface area contributed by atoms with Crippen LogP contribution < -0.4 is 10.6 Å². The zero-order valence-corrected chi connectivity index (χ0v) is 15.1. The van der Waals surface area contributed by atoms with Crippen molar-refractivity contribution < 1.29 is 33.0 Å². The molecule has 10 heteroatoms. The average Bonchev–Trinajstić information content (AvgIpc) is 2.58. The minimum absolute atomic E-state index is 0.207. The number of hydrogen-bond donors (Lipinski definition) is 4. The van der Waals surface area contributed by atoms with Crippen molar-refractivity contribution in [2.75, 3.05) is 11.9 Å². The summed E-state index contributed by atoms with van der Waals surface area (Å²) >= 11 is 1.86. The molecule has 0 aromatic heterocycles. The zero-order chi connectivity index (χ0) is 19.4. The molecule has 0 saturated carbocycles. The van der Waals surface area contributed by atoms with Crippen LogP contribution >= 0.6 is 22.6 Å². The van der Waals surface area contributed by atoms with Gasteiger partial charge in [-0.1, -0.05) is 0 Å². The van der Waals surface area contributed by atoms with Gasteiger partial charge in [-0.2, -0.15) is 0 Å². The summed E-state index contributed by atoms with van der Waals surface area (Å²) in [6.45, 7) is -0.904. The third-order valence-electron chi connectivity index (χ3n) is 3.32. The number of carbonyl (C=O) groups excluding carboxylic acids is 1. The summed E-state index contributed by atoms with van der Waals surface area (Å²) < 4.78 is 42.3. The van der Waals surface area contributed by atoms with Gasteiger partial charge in [0.2, 0.25) is 0 Å². The Kier molecular flexibility index (Phi) is 6.42. The SMILES string of the molecule is O=C(N[C@H](CO)C(=O)O)c1ccc(F)c(F)c1Nc1ccc(I)cc1F. The Morgan fingerprint density at radius 1 is 1.12 bits per heavy atom. The van der Waals surface area contributed by atoms with Gasteiger partial charge in [0.25, 0.3) is 5.91 Å². The lowest BCUT2D eigenvalue weighted by Gasteiger charge is -2.16. The molecule has 0 saturated heterocycles. The molecule has 0 spiro atoms. The Hall–Kier alpha value is -2.34. The van der Waals surface area contributed by atoms with E-state index in [0.717, 1.165) is 12.1 Å². The second-order valence-electron chi connectivity index (χ2n) is 5.08. The van der Waals surface area contributed by atoms with Crippen LogP contribution in [0, 0.1) is 21.0 Å². The number of halogens is 4. The molecule has 6 nitrogen and oxygen atoms in total. The molecule has 0 aliphatic carbocycles. The van der Waals surface area contributed by atoms with Crippen LogP contribution in [-0.2, 0) is 4.79 Å². The van der Waals surface area contributed by atoms with Crippen LogP contribution in [0.15, 0.2) is 30.3 Å². The van der Waals surface area contributed by atoms with Crippen molar-refractivity contribution in [1.29, 1.82) is 0 Å². The van der Waals surface area contributed by atoms with Gasteiger partial charge in [-0.3, -0.25) is 4.79 Å². The van der Waals surface area contributed by atoms with E-state index in [9.17, 15) is 22.8 Å². The third-order valence-corrected chi connectivity index (χ3v) is 3.99. The monoisotopic (exact) mass is 480 g/mol. The predicted octanol–water partition coefficient (Wildman–Crippen LogP) is 2.63. The number of anilines is 2. The lowest BCUT2D eigenvalue weighted by Crippen LogP contribution is -2.43. The number of carbonyl (C=O) groups is 2. The van der Waals surface area contributed by atoms with Crippen LogP contribution in [0.1, 0.15) is 10.4 Å². The summed E-state index contributed by atoms with van der Waals surface area (Å²) in [5, 5.41) is 22.1. The molecule has 0 aliphatic rings. The molecular formula is C16H12F3IN2O4. The molecule has 0 aliphatic heterocycles. The Labute approximate surface area is 159 Å². The smallest absolute Gasteiger partial charge is 0.328 e. The van der Waals surface area contributed by atoms with Crippen molar-refractivity contribution in [3.05, 3.63) is 56.9 Å². The minimum atomic E-state index is -1.64. The normalized spacial score (nSPS) is 11.7. The van der Waals surface area contributed by atoms with E-state index in [0.29, 0.717) is 9.64 Å². The number of aliphatic hydroxyl groups is 1. The Morgan fingerprint density at radius 2 is 1.81 bits per heavy atom. The van der Waals surface area contributed by atoms with Gasteiger partial charge in [0.05, 0.1) is 23.5 Å². The first-order valence-corrected chi connectivity index (χ1v) is 8.17. The van der Waals surface area contributed by atoms with Gasteiger partial charge >= 0.3 is 5.97 Å². The van der Waals surface area contributed by atoms with Gasteiger partial charge in [0, 0.05) is 3.57 Å². The molecule has 2 rings (SSSR count). The lowest BCUT2D eigenvalue weighted by molar-refractivity contribution is -0.140. The van der Waals surface area contributed by atoms with E-state index in [4.69, 9.17) is 10.2 Å². The summed E-state index contributed by atoms with van der Waals surface area (Å²) in [5.41, 5.74) is -1.33. The molecule has 1 amide bonds. The molecule has 0 unspecified atom stereocenters. The summed E-state index contributed by atoms with van der Waals surface area (Å²) in [6, 6.07) is 3.88. The molecule has 0 fully saturated rings. The second-order valence-corrected chi connectivity index (χ2v) is 6.33. The molecule has 0 heterocycles. The summed E-state index contributed by atoms with van der Waals surface area (Å²) in [6.07, 6.45) is 0. The van der Waals surface area contributed by atoms with E-state index < -0.39 is 53.2 Å². The maximum absolute atomic E-state index is 14.2. The molecule has 0 radical (unpaired) electrons. The van der Waals surface area contributed by atoms with Gasteiger partial charge < -0.3 is 20.8 Å². The first-order chi connectivity index (χ1) is 12.2. The molecule has 2 aromatic rings. The van der Waals surface area contributed by atoms with Gasteiger partial charge in [0.15, 0.2) is 17.7 Å². The number of hydrogen-bond acceptors (Lipinski definition) is 4. The highest BCUT2D eigenvalue weighted by atomic mass is 127. The van der Waals surface area contributed by atoms with Crippen LogP contribution in [0.4, 0.5) is 24.5 Å². The van der Waals surface area contributed by atoms with Crippen LogP contribution in [0.25, 0.3) is 0 Å². The maximum atomic E-state index is 14.2. The minimum Gasteiger partial charge on any atom is -0.480 e. The van der Waals surface area contributed by atoms with Crippen molar-refractivity contribution in [3.8, 4) is 0 Å². The summed E-state index contributed by atoms with van der Waals surface area (Å²) in [5.74, 6) is -6.08. The highest BCUT2D eigenvalue weighted by Crippen LogP contribution is 2.28. The summed E-state index contributed by atoms with van der Waals surface area (Å²) in [7, 11) is 0. The number of benzene rings is 2. The predicted molar refractivity (Wildman–Crippen MR) is 94.7 cm³/mol. The zero-order valence-electron chi connectivity index (χ0n) is 12.9. The fourth-order valence-corrected chi connectivity index (χ4v) is 2.46. The van der Waals surface area contributed by atoms with E-state index in [1.165, 1.54) is 12.1 Å². The number of amides is 1. The van der Waals surface area contributed by atoms with Crippen molar-refractivity contribution >= 4 is 45.8 Å². The van der Waals surface area contributed by atoms with Gasteiger partial charge in [0.1, 0.15) is 5.82 Å². The largest absolute Gasteiger partial charge is 0.480 e. The van der Waals surface area contributed by atoms with E-state index in [1.807, 2.05) is 27.9 Å². The number of aliphatic carboxylic acids is 1. The molecule has 1 atom stereocenters. The van der Waals surface area contributed by atoms with Crippen molar-refractivity contribution in [2.24, 2.45) is 0 Å². The number of nitrogens with one attached hydrogen (secondary N) is 2.